The molecule has 0 aliphatic carbocycles. The van der Waals surface area contributed by atoms with Gasteiger partial charge in [0.1, 0.15) is 5.82 Å². The van der Waals surface area contributed by atoms with Gasteiger partial charge in [-0.2, -0.15) is 0 Å². The van der Waals surface area contributed by atoms with Crippen LogP contribution >= 0.6 is 0 Å². The first-order valence-electron chi connectivity index (χ1n) is 10.5. The standard InChI is InChI=1S/C22H20FN3.C4H4O4/c23-19-9-7-17(8-10-19)15-26-16-18(21-5-1-2-6-22(21)26)11-13-25-20-4-3-12-24-14-20;5-3(6)1-2-4(7)8/h1-10,12,14,16,25H,11,13,15H2;1-2H,(H,5,6)(H,7,8). The van der Waals surface area contributed by atoms with Crippen molar-refractivity contribution in [2.45, 2.75) is 13.0 Å². The van der Waals surface area contributed by atoms with E-state index in [0.29, 0.717) is 12.2 Å². The molecule has 4 rings (SSSR count). The number of nitrogens with zero attached hydrogens (tertiary/aromatic N) is 2. The molecule has 7 nitrogen and oxygen atoms in total. The van der Waals surface area contributed by atoms with Gasteiger partial charge in [-0.15, -0.1) is 0 Å². The van der Waals surface area contributed by atoms with Gasteiger partial charge in [-0.05, 0) is 47.9 Å². The molecule has 0 fully saturated rings. The third kappa shape index (κ3) is 7.30. The number of carbonyl (C=O) groups is 2. The van der Waals surface area contributed by atoms with E-state index in [0.717, 1.165) is 30.8 Å². The lowest BCUT2D eigenvalue weighted by Crippen LogP contribution is -2.04. The second-order valence-corrected chi connectivity index (χ2v) is 7.35. The van der Waals surface area contributed by atoms with Gasteiger partial charge in [0.15, 0.2) is 0 Å². The van der Waals surface area contributed by atoms with E-state index < -0.39 is 11.9 Å². The number of nitrogens with one attached hydrogen (secondary N) is 1. The molecule has 0 radical (unpaired) electrons. The van der Waals surface area contributed by atoms with E-state index in [1.54, 1.807) is 6.20 Å². The van der Waals surface area contributed by atoms with Gasteiger partial charge in [-0.3, -0.25) is 4.98 Å². The first-order chi connectivity index (χ1) is 16.4. The highest BCUT2D eigenvalue weighted by molar-refractivity contribution is 5.89. The molecule has 0 spiro atoms. The highest BCUT2D eigenvalue weighted by atomic mass is 19.1. The lowest BCUT2D eigenvalue weighted by Gasteiger charge is -2.05. The number of carboxylic acids is 2. The number of aromatic nitrogens is 2. The first kappa shape index (κ1) is 24.2. The second-order valence-electron chi connectivity index (χ2n) is 7.35. The number of para-hydroxylation sites is 1. The zero-order valence-corrected chi connectivity index (χ0v) is 18.3. The van der Waals surface area contributed by atoms with E-state index in [1.165, 1.54) is 28.6 Å². The van der Waals surface area contributed by atoms with Crippen LogP contribution in [0.25, 0.3) is 10.9 Å². The maximum atomic E-state index is 13.1. The van der Waals surface area contributed by atoms with Gasteiger partial charge in [0.25, 0.3) is 0 Å². The lowest BCUT2D eigenvalue weighted by molar-refractivity contribution is -0.134. The highest BCUT2D eigenvalue weighted by Crippen LogP contribution is 2.23. The summed E-state index contributed by atoms with van der Waals surface area (Å²) in [5.41, 5.74) is 4.63. The van der Waals surface area contributed by atoms with Crippen molar-refractivity contribution >= 4 is 28.5 Å². The summed E-state index contributed by atoms with van der Waals surface area (Å²) in [6.45, 7) is 1.58. The van der Waals surface area contributed by atoms with Crippen molar-refractivity contribution in [3.8, 4) is 0 Å². The Morgan fingerprint density at radius 1 is 0.971 bits per heavy atom. The summed E-state index contributed by atoms with van der Waals surface area (Å²) in [6.07, 6.45) is 7.85. The Morgan fingerprint density at radius 3 is 2.32 bits per heavy atom. The molecule has 2 heterocycles. The zero-order chi connectivity index (χ0) is 24.3. The molecule has 0 atom stereocenters. The van der Waals surface area contributed by atoms with Gasteiger partial charge < -0.3 is 20.1 Å². The van der Waals surface area contributed by atoms with E-state index >= 15 is 0 Å². The molecule has 4 aromatic rings. The summed E-state index contributed by atoms with van der Waals surface area (Å²) in [4.78, 5) is 23.2. The molecule has 3 N–H and O–H groups in total. The average molecular weight is 461 g/mol. The number of fused-ring (bicyclic) bond motifs is 1. The molecular weight excluding hydrogens is 437 g/mol. The summed E-state index contributed by atoms with van der Waals surface area (Å²) in [5, 5.41) is 20.3. The van der Waals surface area contributed by atoms with Crippen molar-refractivity contribution < 1.29 is 24.2 Å². The van der Waals surface area contributed by atoms with Crippen LogP contribution in [0.15, 0.2) is 91.4 Å². The summed E-state index contributed by atoms with van der Waals surface area (Å²) in [6, 6.07) is 19.1. The predicted octanol–water partition coefficient (Wildman–Crippen LogP) is 4.59. The van der Waals surface area contributed by atoms with E-state index in [9.17, 15) is 14.0 Å². The van der Waals surface area contributed by atoms with Crippen LogP contribution in [0, 0.1) is 5.82 Å². The van der Waals surface area contributed by atoms with Crippen molar-refractivity contribution in [2.75, 3.05) is 11.9 Å². The number of anilines is 1. The van der Waals surface area contributed by atoms with Gasteiger partial charge in [-0.25, -0.2) is 14.0 Å². The van der Waals surface area contributed by atoms with Crippen LogP contribution in [0.5, 0.6) is 0 Å². The van der Waals surface area contributed by atoms with Crippen LogP contribution in [0.1, 0.15) is 11.1 Å². The number of rotatable bonds is 8. The summed E-state index contributed by atoms with van der Waals surface area (Å²) in [7, 11) is 0. The minimum Gasteiger partial charge on any atom is -0.478 e. The average Bonchev–Trinajstić information content (AvgIpc) is 3.18. The van der Waals surface area contributed by atoms with Crippen molar-refractivity contribution in [1.29, 1.82) is 0 Å². The van der Waals surface area contributed by atoms with Crippen LogP contribution in [0.2, 0.25) is 0 Å². The molecule has 0 bridgehead atoms. The maximum absolute atomic E-state index is 13.1. The molecule has 174 valence electrons. The number of aliphatic carboxylic acids is 2. The van der Waals surface area contributed by atoms with Crippen LogP contribution in [-0.4, -0.2) is 38.2 Å². The molecule has 8 heteroatoms. The summed E-state index contributed by atoms with van der Waals surface area (Å²) in [5.74, 6) is -2.71. The van der Waals surface area contributed by atoms with E-state index in [1.807, 2.05) is 30.5 Å². The minimum atomic E-state index is -1.26. The van der Waals surface area contributed by atoms with Gasteiger partial charge in [0.05, 0.1) is 5.69 Å². The van der Waals surface area contributed by atoms with Crippen molar-refractivity contribution in [3.63, 3.8) is 0 Å². The SMILES string of the molecule is Fc1ccc(Cn2cc(CCNc3cccnc3)c3ccccc32)cc1.O=C(O)C=CC(=O)O. The molecule has 0 saturated carbocycles. The number of carboxylic acid groups (broad SMARTS) is 2. The molecule has 0 aliphatic heterocycles. The monoisotopic (exact) mass is 461 g/mol. The van der Waals surface area contributed by atoms with Gasteiger partial charge in [-0.1, -0.05) is 30.3 Å². The van der Waals surface area contributed by atoms with Gasteiger partial charge in [0.2, 0.25) is 0 Å². The maximum Gasteiger partial charge on any atom is 0.328 e. The summed E-state index contributed by atoms with van der Waals surface area (Å²) < 4.78 is 15.4. The molecule has 0 saturated heterocycles. The third-order valence-electron chi connectivity index (χ3n) is 4.89. The fourth-order valence-electron chi connectivity index (χ4n) is 3.39. The van der Waals surface area contributed by atoms with Crippen LogP contribution in [0.3, 0.4) is 0 Å². The third-order valence-corrected chi connectivity index (χ3v) is 4.89. The van der Waals surface area contributed by atoms with Crippen molar-refractivity contribution in [2.24, 2.45) is 0 Å². The lowest BCUT2D eigenvalue weighted by atomic mass is 10.1. The first-order valence-corrected chi connectivity index (χ1v) is 10.5. The van der Waals surface area contributed by atoms with Crippen LogP contribution < -0.4 is 5.32 Å². The Bertz CT molecular complexity index is 1250. The number of hydrogen-bond acceptors (Lipinski definition) is 4. The van der Waals surface area contributed by atoms with Crippen molar-refractivity contribution in [3.05, 3.63) is 108 Å². The largest absolute Gasteiger partial charge is 0.478 e. The second kappa shape index (κ2) is 12.0. The molecule has 0 amide bonds. The Morgan fingerprint density at radius 2 is 1.68 bits per heavy atom. The zero-order valence-electron chi connectivity index (χ0n) is 18.3. The quantitative estimate of drug-likeness (QED) is 0.332. The summed E-state index contributed by atoms with van der Waals surface area (Å²) >= 11 is 0. The van der Waals surface area contributed by atoms with Crippen LogP contribution in [0.4, 0.5) is 10.1 Å². The molecule has 0 unspecified atom stereocenters. The highest BCUT2D eigenvalue weighted by Gasteiger charge is 2.08. The Hall–Kier alpha value is -4.46. The Kier molecular flexibility index (Phi) is 8.51. The molecule has 2 aromatic carbocycles. The van der Waals surface area contributed by atoms with E-state index in [2.05, 4.69) is 45.3 Å². The normalized spacial score (nSPS) is 10.6. The Balaban J connectivity index is 0.000000350. The molecule has 0 aliphatic rings. The smallest absolute Gasteiger partial charge is 0.328 e. The van der Waals surface area contributed by atoms with Crippen molar-refractivity contribution in [1.82, 2.24) is 9.55 Å². The van der Waals surface area contributed by atoms with E-state index in [-0.39, 0.29) is 5.82 Å². The predicted molar refractivity (Wildman–Crippen MR) is 128 cm³/mol. The van der Waals surface area contributed by atoms with Gasteiger partial charge in [0, 0.05) is 54.7 Å². The van der Waals surface area contributed by atoms with E-state index in [4.69, 9.17) is 10.2 Å². The molecule has 2 aromatic heterocycles. The number of halogens is 1. The number of hydrogen-bond donors (Lipinski definition) is 3. The topological polar surface area (TPSA) is 104 Å². The number of benzene rings is 2. The Labute approximate surface area is 195 Å². The minimum absolute atomic E-state index is 0.201. The number of pyridine rings is 1. The molecule has 34 heavy (non-hydrogen) atoms. The van der Waals surface area contributed by atoms with Crippen LogP contribution in [-0.2, 0) is 22.6 Å². The fraction of sp³-hybridized carbons (Fsp3) is 0.115. The fourth-order valence-corrected chi connectivity index (χ4v) is 3.39. The van der Waals surface area contributed by atoms with Gasteiger partial charge >= 0.3 is 11.9 Å². The molecular formula is C26H24FN3O4.